The largest absolute Gasteiger partial charge is 0.383 e. The number of aryl methyl sites for hydroxylation is 2. The van der Waals surface area contributed by atoms with Gasteiger partial charge in [0.25, 0.3) is 0 Å². The molecule has 23 heavy (non-hydrogen) atoms. The number of likely N-dealkylation sites (N-methyl/N-ethyl adjacent to an activating group) is 1. The van der Waals surface area contributed by atoms with Crippen LogP contribution >= 0.6 is 0 Å². The van der Waals surface area contributed by atoms with Gasteiger partial charge in [-0.15, -0.1) is 0 Å². The zero-order valence-corrected chi connectivity index (χ0v) is 15.5. The first-order chi connectivity index (χ1) is 10.6. The summed E-state index contributed by atoms with van der Waals surface area (Å²) in [5.74, 6) is -0.354. The van der Waals surface area contributed by atoms with E-state index in [1.807, 2.05) is 19.9 Å². The molecule has 0 atom stereocenters. The molecule has 1 aromatic carbocycles. The SMILES string of the molecule is COCCNC(=O)CN(C)S(=O)(=O)c1c(C)c(C)cc(C)c1C. The lowest BCUT2D eigenvalue weighted by Gasteiger charge is -2.21. The lowest BCUT2D eigenvalue weighted by atomic mass is 10.0. The molecular weight excluding hydrogens is 316 g/mol. The summed E-state index contributed by atoms with van der Waals surface area (Å²) in [6, 6.07) is 1.97. The van der Waals surface area contributed by atoms with E-state index >= 15 is 0 Å². The van der Waals surface area contributed by atoms with Gasteiger partial charge in [0.15, 0.2) is 0 Å². The smallest absolute Gasteiger partial charge is 0.243 e. The van der Waals surface area contributed by atoms with Crippen LogP contribution in [0.15, 0.2) is 11.0 Å². The van der Waals surface area contributed by atoms with Crippen LogP contribution in [0.1, 0.15) is 22.3 Å². The Hall–Kier alpha value is -1.44. The highest BCUT2D eigenvalue weighted by molar-refractivity contribution is 7.89. The topological polar surface area (TPSA) is 75.7 Å². The Morgan fingerprint density at radius 2 is 1.70 bits per heavy atom. The fraction of sp³-hybridized carbons (Fsp3) is 0.562. The Morgan fingerprint density at radius 1 is 1.17 bits per heavy atom. The molecule has 1 rings (SSSR count). The van der Waals surface area contributed by atoms with E-state index in [1.165, 1.54) is 14.2 Å². The van der Waals surface area contributed by atoms with Crippen LogP contribution in [-0.2, 0) is 19.6 Å². The van der Waals surface area contributed by atoms with Gasteiger partial charge in [-0.05, 0) is 49.9 Å². The molecule has 0 heterocycles. The van der Waals surface area contributed by atoms with Crippen molar-refractivity contribution >= 4 is 15.9 Å². The number of carbonyl (C=O) groups excluding carboxylic acids is 1. The predicted octanol–water partition coefficient (Wildman–Crippen LogP) is 1.30. The number of hydrogen-bond donors (Lipinski definition) is 1. The number of methoxy groups -OCH3 is 1. The molecule has 0 bridgehead atoms. The van der Waals surface area contributed by atoms with Gasteiger partial charge in [-0.1, -0.05) is 6.07 Å². The third-order valence-corrected chi connectivity index (χ3v) is 6.04. The number of amides is 1. The number of carbonyl (C=O) groups is 1. The van der Waals surface area contributed by atoms with Gasteiger partial charge in [0.2, 0.25) is 15.9 Å². The number of sulfonamides is 1. The third kappa shape index (κ3) is 4.53. The van der Waals surface area contributed by atoms with Crippen molar-refractivity contribution in [3.63, 3.8) is 0 Å². The minimum Gasteiger partial charge on any atom is -0.383 e. The number of ether oxygens (including phenoxy) is 1. The van der Waals surface area contributed by atoms with E-state index in [0.29, 0.717) is 18.0 Å². The molecule has 0 aliphatic heterocycles. The minimum atomic E-state index is -3.73. The Balaban J connectivity index is 3.06. The van der Waals surface area contributed by atoms with Gasteiger partial charge in [0.1, 0.15) is 0 Å². The first-order valence-corrected chi connectivity index (χ1v) is 8.86. The van der Waals surface area contributed by atoms with E-state index in [9.17, 15) is 13.2 Å². The summed E-state index contributed by atoms with van der Waals surface area (Å²) in [6.45, 7) is 7.87. The van der Waals surface area contributed by atoms with E-state index in [4.69, 9.17) is 4.74 Å². The number of nitrogens with one attached hydrogen (secondary N) is 1. The first kappa shape index (κ1) is 19.6. The van der Waals surface area contributed by atoms with Gasteiger partial charge in [0, 0.05) is 20.7 Å². The van der Waals surface area contributed by atoms with Crippen LogP contribution in [0.4, 0.5) is 0 Å². The molecule has 0 unspecified atom stereocenters. The summed E-state index contributed by atoms with van der Waals surface area (Å²) in [7, 11) is -0.775. The Bertz CT molecular complexity index is 658. The highest BCUT2D eigenvalue weighted by Crippen LogP contribution is 2.28. The fourth-order valence-corrected chi connectivity index (χ4v) is 4.05. The lowest BCUT2D eigenvalue weighted by molar-refractivity contribution is -0.121. The average molecular weight is 342 g/mol. The standard InChI is InChI=1S/C16H26N2O4S/c1-11-9-12(2)14(4)16(13(11)3)23(20,21)18(5)10-15(19)17-7-8-22-6/h9H,7-8,10H2,1-6H3,(H,17,19). The predicted molar refractivity (Wildman–Crippen MR) is 90.1 cm³/mol. The van der Waals surface area contributed by atoms with Crippen LogP contribution in [0, 0.1) is 27.7 Å². The fourth-order valence-electron chi connectivity index (χ4n) is 2.36. The van der Waals surface area contributed by atoms with Crippen LogP contribution in [0.5, 0.6) is 0 Å². The van der Waals surface area contributed by atoms with E-state index in [1.54, 1.807) is 13.8 Å². The lowest BCUT2D eigenvalue weighted by Crippen LogP contribution is -2.39. The quantitative estimate of drug-likeness (QED) is 0.758. The summed E-state index contributed by atoms with van der Waals surface area (Å²) in [5.41, 5.74) is 3.29. The van der Waals surface area contributed by atoms with Gasteiger partial charge in [-0.25, -0.2) is 8.42 Å². The minimum absolute atomic E-state index is 0.224. The van der Waals surface area contributed by atoms with E-state index < -0.39 is 10.0 Å². The van der Waals surface area contributed by atoms with Crippen molar-refractivity contribution in [3.8, 4) is 0 Å². The first-order valence-electron chi connectivity index (χ1n) is 7.42. The zero-order valence-electron chi connectivity index (χ0n) is 14.7. The van der Waals surface area contributed by atoms with Crippen molar-refractivity contribution in [3.05, 3.63) is 28.3 Å². The number of rotatable bonds is 7. The molecule has 1 amide bonds. The van der Waals surface area contributed by atoms with Crippen LogP contribution in [-0.4, -0.2) is 52.5 Å². The molecule has 130 valence electrons. The van der Waals surface area contributed by atoms with Crippen LogP contribution in [0.25, 0.3) is 0 Å². The van der Waals surface area contributed by atoms with Crippen LogP contribution in [0.3, 0.4) is 0 Å². The molecule has 0 aliphatic carbocycles. The highest BCUT2D eigenvalue weighted by Gasteiger charge is 2.27. The molecule has 1 aromatic rings. The van der Waals surface area contributed by atoms with E-state index in [-0.39, 0.29) is 12.5 Å². The second-order valence-corrected chi connectivity index (χ2v) is 7.68. The second kappa shape index (κ2) is 7.90. The van der Waals surface area contributed by atoms with Gasteiger partial charge >= 0.3 is 0 Å². The molecule has 0 spiro atoms. The van der Waals surface area contributed by atoms with Crippen LogP contribution in [0.2, 0.25) is 0 Å². The molecule has 0 saturated carbocycles. The second-order valence-electron chi connectivity index (χ2n) is 5.69. The molecule has 1 N–H and O–H groups in total. The average Bonchev–Trinajstić information content (AvgIpc) is 2.45. The zero-order chi connectivity index (χ0) is 17.8. The highest BCUT2D eigenvalue weighted by atomic mass is 32.2. The Kier molecular flexibility index (Phi) is 6.73. The van der Waals surface area contributed by atoms with Crippen molar-refractivity contribution in [2.75, 3.05) is 33.9 Å². The van der Waals surface area contributed by atoms with Gasteiger partial charge in [-0.3, -0.25) is 4.79 Å². The summed E-state index contributed by atoms with van der Waals surface area (Å²) in [6.07, 6.45) is 0. The maximum atomic E-state index is 12.9. The summed E-state index contributed by atoms with van der Waals surface area (Å²) < 4.78 is 31.7. The van der Waals surface area contributed by atoms with E-state index in [2.05, 4.69) is 5.32 Å². The monoisotopic (exact) mass is 342 g/mol. The van der Waals surface area contributed by atoms with Crippen molar-refractivity contribution in [2.45, 2.75) is 32.6 Å². The maximum Gasteiger partial charge on any atom is 0.243 e. The summed E-state index contributed by atoms with van der Waals surface area (Å²) in [4.78, 5) is 12.1. The van der Waals surface area contributed by atoms with Crippen molar-refractivity contribution in [2.24, 2.45) is 0 Å². The van der Waals surface area contributed by atoms with Gasteiger partial charge < -0.3 is 10.1 Å². The molecule has 0 aromatic heterocycles. The molecule has 0 saturated heterocycles. The van der Waals surface area contributed by atoms with E-state index in [0.717, 1.165) is 26.6 Å². The van der Waals surface area contributed by atoms with Crippen molar-refractivity contribution in [1.29, 1.82) is 0 Å². The third-order valence-electron chi connectivity index (χ3n) is 3.96. The molecule has 0 fully saturated rings. The summed E-state index contributed by atoms with van der Waals surface area (Å²) in [5, 5.41) is 2.62. The Morgan fingerprint density at radius 3 is 2.17 bits per heavy atom. The molecule has 0 radical (unpaired) electrons. The number of benzene rings is 1. The summed E-state index contributed by atoms with van der Waals surface area (Å²) >= 11 is 0. The Labute approximate surface area is 138 Å². The van der Waals surface area contributed by atoms with Gasteiger partial charge in [0.05, 0.1) is 18.0 Å². The van der Waals surface area contributed by atoms with Crippen molar-refractivity contribution < 1.29 is 17.9 Å². The van der Waals surface area contributed by atoms with Gasteiger partial charge in [-0.2, -0.15) is 4.31 Å². The maximum absolute atomic E-state index is 12.9. The normalized spacial score (nSPS) is 11.8. The van der Waals surface area contributed by atoms with Crippen LogP contribution < -0.4 is 5.32 Å². The number of hydrogen-bond acceptors (Lipinski definition) is 4. The molecule has 0 aliphatic rings. The molecule has 6 nitrogen and oxygen atoms in total. The van der Waals surface area contributed by atoms with Crippen molar-refractivity contribution in [1.82, 2.24) is 9.62 Å². The molecule has 7 heteroatoms. The number of nitrogens with zero attached hydrogens (tertiary/aromatic N) is 1. The molecular formula is C16H26N2O4S.